The first kappa shape index (κ1) is 18.3. The van der Waals surface area contributed by atoms with Crippen molar-refractivity contribution < 1.29 is 9.32 Å². The normalized spacial score (nSPS) is 15.9. The van der Waals surface area contributed by atoms with E-state index in [9.17, 15) is 9.32 Å². The zero-order chi connectivity index (χ0) is 15.8. The summed E-state index contributed by atoms with van der Waals surface area (Å²) >= 11 is 0. The van der Waals surface area contributed by atoms with E-state index < -0.39 is 16.9 Å². The molecule has 4 heteroatoms. The minimum absolute atomic E-state index is 0.211. The fourth-order valence-corrected chi connectivity index (χ4v) is 3.72. The summed E-state index contributed by atoms with van der Waals surface area (Å²) in [4.78, 5) is 2.96. The van der Waals surface area contributed by atoms with Gasteiger partial charge in [-0.15, -0.1) is 0 Å². The van der Waals surface area contributed by atoms with E-state index in [1.54, 1.807) is 0 Å². The molecular formula is C17H29NO2S. The Balaban J connectivity index is 2.74. The standard InChI is InChI=1S/C17H29NO2S/c1-5-6-7-10-15(19)13-21(20)17-12-9-8-11-16(17)14(2)18(3)4/h8-9,11-12,14-15,19H,5-7,10,13H2,1-4H3/t14-,15+,21?/m1/s1. The second kappa shape index (κ2) is 9.34. The molecule has 1 aromatic carbocycles. The maximum Gasteiger partial charge on any atom is 0.0659 e. The van der Waals surface area contributed by atoms with Crippen LogP contribution < -0.4 is 0 Å². The molecule has 0 aliphatic carbocycles. The van der Waals surface area contributed by atoms with Crippen LogP contribution in [0.15, 0.2) is 29.2 Å². The van der Waals surface area contributed by atoms with Crippen molar-refractivity contribution in [3.8, 4) is 0 Å². The third-order valence-electron chi connectivity index (χ3n) is 3.87. The van der Waals surface area contributed by atoms with E-state index in [0.29, 0.717) is 5.75 Å². The SMILES string of the molecule is CCCCC[C@H](O)CS(=O)c1ccccc1[C@@H](C)N(C)C. The van der Waals surface area contributed by atoms with E-state index >= 15 is 0 Å². The van der Waals surface area contributed by atoms with Gasteiger partial charge in [-0.2, -0.15) is 0 Å². The molecular weight excluding hydrogens is 282 g/mol. The quantitative estimate of drug-likeness (QED) is 0.711. The van der Waals surface area contributed by atoms with Crippen molar-refractivity contribution in [2.24, 2.45) is 0 Å². The number of aliphatic hydroxyl groups excluding tert-OH is 1. The first-order valence-corrected chi connectivity index (χ1v) is 9.11. The Labute approximate surface area is 131 Å². The van der Waals surface area contributed by atoms with Gasteiger partial charge in [0.25, 0.3) is 0 Å². The average molecular weight is 311 g/mol. The van der Waals surface area contributed by atoms with Crippen molar-refractivity contribution in [3.63, 3.8) is 0 Å². The van der Waals surface area contributed by atoms with Gasteiger partial charge in [0.2, 0.25) is 0 Å². The van der Waals surface area contributed by atoms with E-state index in [1.807, 2.05) is 38.4 Å². The highest BCUT2D eigenvalue weighted by molar-refractivity contribution is 7.85. The highest BCUT2D eigenvalue weighted by Crippen LogP contribution is 2.24. The van der Waals surface area contributed by atoms with Crippen LogP contribution in [0.1, 0.15) is 51.1 Å². The average Bonchev–Trinajstić information content (AvgIpc) is 2.46. The summed E-state index contributed by atoms with van der Waals surface area (Å²) < 4.78 is 12.6. The molecule has 0 spiro atoms. The number of rotatable bonds is 9. The van der Waals surface area contributed by atoms with Crippen molar-refractivity contribution in [3.05, 3.63) is 29.8 Å². The van der Waals surface area contributed by atoms with Crippen LogP contribution in [0.4, 0.5) is 0 Å². The molecule has 0 aromatic heterocycles. The number of hydrogen-bond donors (Lipinski definition) is 1. The molecule has 1 rings (SSSR count). The summed E-state index contributed by atoms with van der Waals surface area (Å²) in [6, 6.07) is 8.06. The maximum absolute atomic E-state index is 12.6. The number of benzene rings is 1. The predicted molar refractivity (Wildman–Crippen MR) is 90.0 cm³/mol. The molecule has 0 saturated carbocycles. The van der Waals surface area contributed by atoms with Crippen LogP contribution in [0.2, 0.25) is 0 Å². The van der Waals surface area contributed by atoms with Crippen LogP contribution in [0.5, 0.6) is 0 Å². The Hall–Kier alpha value is -0.710. The molecule has 120 valence electrons. The van der Waals surface area contributed by atoms with E-state index in [0.717, 1.165) is 36.1 Å². The van der Waals surface area contributed by atoms with Gasteiger partial charge in [-0.25, -0.2) is 0 Å². The second-order valence-electron chi connectivity index (χ2n) is 5.84. The Morgan fingerprint density at radius 2 is 1.90 bits per heavy atom. The van der Waals surface area contributed by atoms with Gasteiger partial charge in [0, 0.05) is 10.9 Å². The van der Waals surface area contributed by atoms with E-state index in [-0.39, 0.29) is 6.04 Å². The van der Waals surface area contributed by atoms with Crippen LogP contribution in [-0.4, -0.2) is 40.2 Å². The number of nitrogens with zero attached hydrogens (tertiary/aromatic N) is 1. The predicted octanol–water partition coefficient (Wildman–Crippen LogP) is 3.36. The first-order chi connectivity index (χ1) is 9.97. The highest BCUT2D eigenvalue weighted by atomic mass is 32.2. The molecule has 1 N–H and O–H groups in total. The lowest BCUT2D eigenvalue weighted by Gasteiger charge is -2.23. The fraction of sp³-hybridized carbons (Fsp3) is 0.647. The zero-order valence-electron chi connectivity index (χ0n) is 13.7. The monoisotopic (exact) mass is 311 g/mol. The fourth-order valence-electron chi connectivity index (χ4n) is 2.29. The molecule has 3 nitrogen and oxygen atoms in total. The molecule has 0 heterocycles. The summed E-state index contributed by atoms with van der Waals surface area (Å²) in [5.74, 6) is 0.334. The Bertz CT molecular complexity index is 448. The van der Waals surface area contributed by atoms with E-state index in [4.69, 9.17) is 0 Å². The minimum atomic E-state index is -1.14. The highest BCUT2D eigenvalue weighted by Gasteiger charge is 2.18. The summed E-state index contributed by atoms with van der Waals surface area (Å²) in [5.41, 5.74) is 1.08. The summed E-state index contributed by atoms with van der Waals surface area (Å²) in [5, 5.41) is 10.0. The summed E-state index contributed by atoms with van der Waals surface area (Å²) in [6.45, 7) is 4.25. The first-order valence-electron chi connectivity index (χ1n) is 7.79. The molecule has 0 amide bonds. The number of aliphatic hydroxyl groups is 1. The van der Waals surface area contributed by atoms with Gasteiger partial charge >= 0.3 is 0 Å². The van der Waals surface area contributed by atoms with Gasteiger partial charge in [-0.1, -0.05) is 44.4 Å². The van der Waals surface area contributed by atoms with E-state index in [1.165, 1.54) is 0 Å². The lowest BCUT2D eigenvalue weighted by atomic mass is 10.1. The number of hydrogen-bond acceptors (Lipinski definition) is 3. The van der Waals surface area contributed by atoms with Crippen molar-refractivity contribution in [2.45, 2.75) is 56.6 Å². The zero-order valence-corrected chi connectivity index (χ0v) is 14.5. The van der Waals surface area contributed by atoms with Gasteiger partial charge < -0.3 is 10.0 Å². The molecule has 1 unspecified atom stereocenters. The third-order valence-corrected chi connectivity index (χ3v) is 5.42. The van der Waals surface area contributed by atoms with Crippen molar-refractivity contribution in [1.29, 1.82) is 0 Å². The molecule has 0 aliphatic heterocycles. The van der Waals surface area contributed by atoms with Crippen LogP contribution >= 0.6 is 0 Å². The van der Waals surface area contributed by atoms with Gasteiger partial charge in [0.05, 0.1) is 22.7 Å². The molecule has 0 fully saturated rings. The molecule has 0 aliphatic rings. The molecule has 1 aromatic rings. The Kier molecular flexibility index (Phi) is 8.15. The second-order valence-corrected chi connectivity index (χ2v) is 7.30. The van der Waals surface area contributed by atoms with Crippen LogP contribution in [-0.2, 0) is 10.8 Å². The minimum Gasteiger partial charge on any atom is -0.392 e. The maximum atomic E-state index is 12.6. The van der Waals surface area contributed by atoms with Crippen molar-refractivity contribution in [1.82, 2.24) is 4.90 Å². The topological polar surface area (TPSA) is 40.5 Å². The van der Waals surface area contributed by atoms with Crippen LogP contribution in [0.3, 0.4) is 0 Å². The third kappa shape index (κ3) is 5.89. The van der Waals surface area contributed by atoms with Crippen LogP contribution in [0, 0.1) is 0 Å². The van der Waals surface area contributed by atoms with Gasteiger partial charge in [0.1, 0.15) is 0 Å². The lowest BCUT2D eigenvalue weighted by Crippen LogP contribution is -2.21. The Morgan fingerprint density at radius 1 is 1.24 bits per heavy atom. The van der Waals surface area contributed by atoms with Gasteiger partial charge in [0.15, 0.2) is 0 Å². The van der Waals surface area contributed by atoms with Gasteiger partial charge in [-0.3, -0.25) is 4.21 Å². The van der Waals surface area contributed by atoms with Gasteiger partial charge in [-0.05, 0) is 39.1 Å². The van der Waals surface area contributed by atoms with Crippen molar-refractivity contribution >= 4 is 10.8 Å². The molecule has 3 atom stereocenters. The molecule has 0 saturated heterocycles. The van der Waals surface area contributed by atoms with Crippen LogP contribution in [0.25, 0.3) is 0 Å². The Morgan fingerprint density at radius 3 is 2.52 bits per heavy atom. The van der Waals surface area contributed by atoms with Crippen molar-refractivity contribution in [2.75, 3.05) is 19.8 Å². The summed E-state index contributed by atoms with van der Waals surface area (Å²) in [7, 11) is 2.89. The molecule has 21 heavy (non-hydrogen) atoms. The molecule has 0 bridgehead atoms. The number of unbranched alkanes of at least 4 members (excludes halogenated alkanes) is 2. The smallest absolute Gasteiger partial charge is 0.0659 e. The summed E-state index contributed by atoms with van der Waals surface area (Å²) in [6.07, 6.45) is 3.53. The largest absolute Gasteiger partial charge is 0.392 e. The van der Waals surface area contributed by atoms with E-state index in [2.05, 4.69) is 18.7 Å². The molecule has 0 radical (unpaired) electrons. The lowest BCUT2D eigenvalue weighted by molar-refractivity contribution is 0.184.